The van der Waals surface area contributed by atoms with Gasteiger partial charge in [0.25, 0.3) is 0 Å². The van der Waals surface area contributed by atoms with Crippen LogP contribution in [0.4, 0.5) is 5.69 Å². The summed E-state index contributed by atoms with van der Waals surface area (Å²) in [5, 5.41) is 2.88. The number of hydrogen-bond donors (Lipinski definition) is 1. The number of amides is 1. The molecular weight excluding hydrogens is 278 g/mol. The van der Waals surface area contributed by atoms with Crippen molar-refractivity contribution in [1.82, 2.24) is 9.38 Å². The van der Waals surface area contributed by atoms with Crippen LogP contribution in [0.25, 0.3) is 5.65 Å². The Morgan fingerprint density at radius 1 is 1.32 bits per heavy atom. The van der Waals surface area contributed by atoms with Gasteiger partial charge in [-0.15, -0.1) is 0 Å². The van der Waals surface area contributed by atoms with Gasteiger partial charge in [-0.25, -0.2) is 4.98 Å². The number of nitrogens with one attached hydrogen (secondary N) is 1. The smallest absolute Gasteiger partial charge is 0.230 e. The summed E-state index contributed by atoms with van der Waals surface area (Å²) >= 11 is 0. The average molecular weight is 295 g/mol. The van der Waals surface area contributed by atoms with E-state index in [1.165, 1.54) is 0 Å². The number of ether oxygens (including phenoxy) is 1. The highest BCUT2D eigenvalue weighted by Gasteiger charge is 2.10. The van der Waals surface area contributed by atoms with Gasteiger partial charge >= 0.3 is 0 Å². The van der Waals surface area contributed by atoms with Crippen LogP contribution in [0, 0.1) is 6.92 Å². The van der Waals surface area contributed by atoms with Crippen molar-refractivity contribution in [2.45, 2.75) is 13.3 Å². The van der Waals surface area contributed by atoms with Crippen LogP contribution in [0.3, 0.4) is 0 Å². The van der Waals surface area contributed by atoms with E-state index < -0.39 is 0 Å². The number of methoxy groups -OCH3 is 1. The van der Waals surface area contributed by atoms with E-state index in [2.05, 4.69) is 10.3 Å². The molecule has 5 nitrogen and oxygen atoms in total. The maximum absolute atomic E-state index is 12.2. The maximum Gasteiger partial charge on any atom is 0.230 e. The summed E-state index contributed by atoms with van der Waals surface area (Å²) < 4.78 is 7.16. The predicted octanol–water partition coefficient (Wildman–Crippen LogP) is 2.83. The van der Waals surface area contributed by atoms with E-state index in [1.54, 1.807) is 7.11 Å². The summed E-state index contributed by atoms with van der Waals surface area (Å²) in [6.45, 7) is 1.97. The van der Waals surface area contributed by atoms with Crippen molar-refractivity contribution in [1.29, 1.82) is 0 Å². The second kappa shape index (κ2) is 5.89. The van der Waals surface area contributed by atoms with Crippen molar-refractivity contribution in [3.05, 3.63) is 60.0 Å². The molecule has 0 aliphatic rings. The quantitative estimate of drug-likeness (QED) is 0.805. The second-order valence-electron chi connectivity index (χ2n) is 5.13. The Bertz CT molecular complexity index is 791. The van der Waals surface area contributed by atoms with E-state index in [9.17, 15) is 4.79 Å². The Labute approximate surface area is 128 Å². The number of fused-ring (bicyclic) bond motifs is 1. The van der Waals surface area contributed by atoms with E-state index >= 15 is 0 Å². The molecule has 2 heterocycles. The normalized spacial score (nSPS) is 10.6. The topological polar surface area (TPSA) is 55.6 Å². The molecule has 1 amide bonds. The Hall–Kier alpha value is -2.82. The van der Waals surface area contributed by atoms with Gasteiger partial charge < -0.3 is 14.5 Å². The van der Waals surface area contributed by atoms with Crippen molar-refractivity contribution in [3.8, 4) is 5.75 Å². The summed E-state index contributed by atoms with van der Waals surface area (Å²) in [5.41, 5.74) is 3.30. The fourth-order valence-electron chi connectivity index (χ4n) is 2.35. The van der Waals surface area contributed by atoms with E-state index in [1.807, 2.05) is 60.1 Å². The van der Waals surface area contributed by atoms with Crippen molar-refractivity contribution >= 4 is 17.2 Å². The Morgan fingerprint density at radius 2 is 2.18 bits per heavy atom. The number of carbonyl (C=O) groups excluding carboxylic acids is 1. The molecule has 22 heavy (non-hydrogen) atoms. The highest BCUT2D eigenvalue weighted by atomic mass is 16.5. The van der Waals surface area contributed by atoms with Crippen LogP contribution in [0.1, 0.15) is 11.3 Å². The minimum absolute atomic E-state index is 0.118. The van der Waals surface area contributed by atoms with Gasteiger partial charge in [-0.05, 0) is 36.8 Å². The number of benzene rings is 1. The van der Waals surface area contributed by atoms with Crippen LogP contribution in [0.15, 0.2) is 48.8 Å². The van der Waals surface area contributed by atoms with Gasteiger partial charge in [-0.2, -0.15) is 0 Å². The van der Waals surface area contributed by atoms with Crippen LogP contribution in [-0.2, 0) is 11.2 Å². The molecule has 0 atom stereocenters. The summed E-state index contributed by atoms with van der Waals surface area (Å²) in [5.74, 6) is 0.529. The predicted molar refractivity (Wildman–Crippen MR) is 85.3 cm³/mol. The molecule has 2 aromatic heterocycles. The summed E-state index contributed by atoms with van der Waals surface area (Å²) in [6.07, 6.45) is 3.99. The molecule has 0 aliphatic heterocycles. The molecule has 3 rings (SSSR count). The summed E-state index contributed by atoms with van der Waals surface area (Å²) in [7, 11) is 1.59. The van der Waals surface area contributed by atoms with Gasteiger partial charge in [0.1, 0.15) is 11.4 Å². The SMILES string of the molecule is COc1ccc(C)cc1NC(=O)Cc1cn2ccccc2n1. The molecule has 5 heteroatoms. The van der Waals surface area contributed by atoms with Gasteiger partial charge in [0, 0.05) is 12.4 Å². The Morgan fingerprint density at radius 3 is 2.95 bits per heavy atom. The molecular formula is C17H17N3O2. The van der Waals surface area contributed by atoms with E-state index in [4.69, 9.17) is 4.74 Å². The zero-order chi connectivity index (χ0) is 15.5. The van der Waals surface area contributed by atoms with Crippen LogP contribution in [0.5, 0.6) is 5.75 Å². The minimum Gasteiger partial charge on any atom is -0.495 e. The Kier molecular flexibility index (Phi) is 3.78. The molecule has 0 radical (unpaired) electrons. The lowest BCUT2D eigenvalue weighted by atomic mass is 10.2. The molecule has 0 unspecified atom stereocenters. The largest absolute Gasteiger partial charge is 0.495 e. The molecule has 0 aliphatic carbocycles. The first-order valence-corrected chi connectivity index (χ1v) is 7.03. The van der Waals surface area contributed by atoms with Crippen LogP contribution in [-0.4, -0.2) is 22.4 Å². The highest BCUT2D eigenvalue weighted by Crippen LogP contribution is 2.25. The molecule has 112 valence electrons. The van der Waals surface area contributed by atoms with Crippen molar-refractivity contribution in [3.63, 3.8) is 0 Å². The van der Waals surface area contributed by atoms with Gasteiger partial charge in [0.15, 0.2) is 0 Å². The lowest BCUT2D eigenvalue weighted by molar-refractivity contribution is -0.115. The average Bonchev–Trinajstić information content (AvgIpc) is 2.89. The summed E-state index contributed by atoms with van der Waals surface area (Å²) in [4.78, 5) is 16.6. The third-order valence-electron chi connectivity index (χ3n) is 3.38. The van der Waals surface area contributed by atoms with Gasteiger partial charge in [0.2, 0.25) is 5.91 Å². The molecule has 1 N–H and O–H groups in total. The number of anilines is 1. The number of aryl methyl sites for hydroxylation is 1. The standard InChI is InChI=1S/C17H17N3O2/c1-12-6-7-15(22-2)14(9-12)19-17(21)10-13-11-20-8-4-3-5-16(20)18-13/h3-9,11H,10H2,1-2H3,(H,19,21). The molecule has 0 spiro atoms. The molecule has 3 aromatic rings. The fourth-order valence-corrected chi connectivity index (χ4v) is 2.35. The molecule has 0 saturated heterocycles. The maximum atomic E-state index is 12.2. The van der Waals surface area contributed by atoms with Crippen molar-refractivity contribution < 1.29 is 9.53 Å². The van der Waals surface area contributed by atoms with Gasteiger partial charge in [0.05, 0.1) is 24.9 Å². The third-order valence-corrected chi connectivity index (χ3v) is 3.38. The molecule has 0 saturated carbocycles. The second-order valence-corrected chi connectivity index (χ2v) is 5.13. The lowest BCUT2D eigenvalue weighted by Crippen LogP contribution is -2.15. The number of rotatable bonds is 4. The van der Waals surface area contributed by atoms with Crippen molar-refractivity contribution in [2.24, 2.45) is 0 Å². The monoisotopic (exact) mass is 295 g/mol. The van der Waals surface area contributed by atoms with Crippen molar-refractivity contribution in [2.75, 3.05) is 12.4 Å². The number of carbonyl (C=O) groups is 1. The van der Waals surface area contributed by atoms with E-state index in [0.717, 1.165) is 16.9 Å². The molecule has 0 bridgehead atoms. The zero-order valence-corrected chi connectivity index (χ0v) is 12.5. The van der Waals surface area contributed by atoms with E-state index in [0.29, 0.717) is 11.4 Å². The Balaban J connectivity index is 1.76. The van der Waals surface area contributed by atoms with Crippen LogP contribution >= 0.6 is 0 Å². The number of hydrogen-bond acceptors (Lipinski definition) is 3. The lowest BCUT2D eigenvalue weighted by Gasteiger charge is -2.10. The first-order chi connectivity index (χ1) is 10.7. The van der Waals surface area contributed by atoms with Crippen LogP contribution in [0.2, 0.25) is 0 Å². The van der Waals surface area contributed by atoms with Gasteiger partial charge in [-0.3, -0.25) is 4.79 Å². The first-order valence-electron chi connectivity index (χ1n) is 7.03. The molecule has 0 fully saturated rings. The van der Waals surface area contributed by atoms with E-state index in [-0.39, 0.29) is 12.3 Å². The number of aromatic nitrogens is 2. The third kappa shape index (κ3) is 2.93. The highest BCUT2D eigenvalue weighted by molar-refractivity contribution is 5.93. The number of pyridine rings is 1. The van der Waals surface area contributed by atoms with Crippen LogP contribution < -0.4 is 10.1 Å². The first kappa shape index (κ1) is 14.1. The minimum atomic E-state index is -0.118. The number of imidazole rings is 1. The zero-order valence-electron chi connectivity index (χ0n) is 12.5. The fraction of sp³-hybridized carbons (Fsp3) is 0.176. The molecule has 1 aromatic carbocycles. The number of nitrogens with zero attached hydrogens (tertiary/aromatic N) is 2. The summed E-state index contributed by atoms with van der Waals surface area (Å²) in [6, 6.07) is 11.4. The van der Waals surface area contributed by atoms with Gasteiger partial charge in [-0.1, -0.05) is 12.1 Å².